The zero-order valence-electron chi connectivity index (χ0n) is 9.89. The Bertz CT molecular complexity index is 563. The van der Waals surface area contributed by atoms with Crippen LogP contribution in [0.4, 0.5) is 0 Å². The average Bonchev–Trinajstić information content (AvgIpc) is 2.89. The summed E-state index contributed by atoms with van der Waals surface area (Å²) in [6.45, 7) is 0. The molecule has 0 unspecified atom stereocenters. The lowest BCUT2D eigenvalue weighted by atomic mass is 10.1. The van der Waals surface area contributed by atoms with Crippen molar-refractivity contribution in [3.63, 3.8) is 0 Å². The molecule has 0 saturated carbocycles. The second kappa shape index (κ2) is 6.95. The molecule has 1 atom stereocenters. The summed E-state index contributed by atoms with van der Waals surface area (Å²) in [6.07, 6.45) is 0. The van der Waals surface area contributed by atoms with Crippen LogP contribution in [0.2, 0.25) is 0 Å². The fraction of sp³-hybridized carbons (Fsp3) is 0.167. The third-order valence-electron chi connectivity index (χ3n) is 2.58. The van der Waals surface area contributed by atoms with Crippen molar-refractivity contribution >= 4 is 55.6 Å². The maximum absolute atomic E-state index is 9.88. The molecular weight excluding hydrogens is 417 g/mol. The highest BCUT2D eigenvalue weighted by Crippen LogP contribution is 2.44. The second-order valence-electron chi connectivity index (χ2n) is 3.64. The number of phenols is 1. The number of methoxy groups -OCH3 is 1. The van der Waals surface area contributed by atoms with Gasteiger partial charge in [-0.05, 0) is 54.9 Å². The SMILES string of the molecule is COc1cc([C@H](N)c2cccs2)c(Br)c(Br)c1O.Cl. The van der Waals surface area contributed by atoms with Gasteiger partial charge in [0.15, 0.2) is 11.5 Å². The first-order valence-corrected chi connectivity index (χ1v) is 7.56. The summed E-state index contributed by atoms with van der Waals surface area (Å²) in [5, 5.41) is 11.9. The first kappa shape index (κ1) is 16.8. The monoisotopic (exact) mass is 427 g/mol. The number of hydrogen-bond acceptors (Lipinski definition) is 4. The van der Waals surface area contributed by atoms with Gasteiger partial charge in [0, 0.05) is 9.35 Å². The summed E-state index contributed by atoms with van der Waals surface area (Å²) < 4.78 is 6.42. The van der Waals surface area contributed by atoms with Crippen molar-refractivity contribution in [2.24, 2.45) is 5.73 Å². The molecule has 19 heavy (non-hydrogen) atoms. The molecule has 104 valence electrons. The van der Waals surface area contributed by atoms with Crippen LogP contribution >= 0.6 is 55.6 Å². The number of aromatic hydroxyl groups is 1. The van der Waals surface area contributed by atoms with Gasteiger partial charge in [-0.25, -0.2) is 0 Å². The smallest absolute Gasteiger partial charge is 0.173 e. The Morgan fingerprint density at radius 3 is 2.58 bits per heavy atom. The van der Waals surface area contributed by atoms with Crippen LogP contribution < -0.4 is 10.5 Å². The normalized spacial score (nSPS) is 11.8. The third kappa shape index (κ3) is 3.25. The van der Waals surface area contributed by atoms with Crippen LogP contribution in [0, 0.1) is 0 Å². The molecule has 3 nitrogen and oxygen atoms in total. The van der Waals surface area contributed by atoms with E-state index in [-0.39, 0.29) is 24.2 Å². The molecule has 0 bridgehead atoms. The summed E-state index contributed by atoms with van der Waals surface area (Å²) in [7, 11) is 1.51. The fourth-order valence-electron chi connectivity index (χ4n) is 1.62. The third-order valence-corrected chi connectivity index (χ3v) is 5.69. The van der Waals surface area contributed by atoms with E-state index in [1.807, 2.05) is 17.5 Å². The van der Waals surface area contributed by atoms with Crippen molar-refractivity contribution in [2.45, 2.75) is 6.04 Å². The lowest BCUT2D eigenvalue weighted by Crippen LogP contribution is -2.11. The minimum atomic E-state index is -0.259. The van der Waals surface area contributed by atoms with E-state index in [0.717, 1.165) is 14.9 Å². The van der Waals surface area contributed by atoms with Gasteiger partial charge in [-0.2, -0.15) is 0 Å². The molecule has 0 saturated heterocycles. The van der Waals surface area contributed by atoms with E-state index in [0.29, 0.717) is 10.2 Å². The van der Waals surface area contributed by atoms with Crippen LogP contribution in [0.15, 0.2) is 32.5 Å². The fourth-order valence-corrected chi connectivity index (χ4v) is 3.33. The minimum Gasteiger partial charge on any atom is -0.503 e. The molecule has 7 heteroatoms. The Hall–Kier alpha value is -0.270. The number of benzene rings is 1. The highest BCUT2D eigenvalue weighted by Gasteiger charge is 2.20. The summed E-state index contributed by atoms with van der Waals surface area (Å²) in [5.74, 6) is 0.457. The van der Waals surface area contributed by atoms with Crippen molar-refractivity contribution < 1.29 is 9.84 Å². The Morgan fingerprint density at radius 1 is 1.37 bits per heavy atom. The summed E-state index contributed by atoms with van der Waals surface area (Å²) >= 11 is 8.36. The maximum atomic E-state index is 9.88. The first-order chi connectivity index (χ1) is 8.56. The molecule has 1 aromatic carbocycles. The Labute approximate surface area is 138 Å². The Morgan fingerprint density at radius 2 is 2.05 bits per heavy atom. The largest absolute Gasteiger partial charge is 0.503 e. The molecule has 2 rings (SSSR count). The quantitative estimate of drug-likeness (QED) is 0.758. The zero-order chi connectivity index (χ0) is 13.3. The summed E-state index contributed by atoms with van der Waals surface area (Å²) in [6, 6.07) is 5.43. The van der Waals surface area contributed by atoms with E-state index >= 15 is 0 Å². The molecule has 0 amide bonds. The predicted molar refractivity (Wildman–Crippen MR) is 87.7 cm³/mol. The van der Waals surface area contributed by atoms with Gasteiger partial charge in [-0.1, -0.05) is 6.07 Å². The van der Waals surface area contributed by atoms with Crippen molar-refractivity contribution in [1.29, 1.82) is 0 Å². The molecule has 0 fully saturated rings. The van der Waals surface area contributed by atoms with E-state index in [4.69, 9.17) is 10.5 Å². The van der Waals surface area contributed by atoms with E-state index in [1.165, 1.54) is 7.11 Å². The average molecular weight is 430 g/mol. The van der Waals surface area contributed by atoms with Gasteiger partial charge >= 0.3 is 0 Å². The number of phenolic OH excluding ortho intramolecular Hbond substituents is 1. The van der Waals surface area contributed by atoms with Crippen LogP contribution in [0.3, 0.4) is 0 Å². The molecular formula is C12H12Br2ClNO2S. The first-order valence-electron chi connectivity index (χ1n) is 5.10. The Kier molecular flexibility index (Phi) is 6.14. The van der Waals surface area contributed by atoms with Gasteiger partial charge in [-0.15, -0.1) is 23.7 Å². The van der Waals surface area contributed by atoms with Gasteiger partial charge < -0.3 is 15.6 Å². The molecule has 2 aromatic rings. The van der Waals surface area contributed by atoms with Crippen LogP contribution in [0.25, 0.3) is 0 Å². The van der Waals surface area contributed by atoms with Crippen molar-refractivity contribution in [2.75, 3.05) is 7.11 Å². The van der Waals surface area contributed by atoms with Crippen molar-refractivity contribution in [3.8, 4) is 11.5 Å². The molecule has 1 heterocycles. The number of ether oxygens (including phenoxy) is 1. The van der Waals surface area contributed by atoms with Gasteiger partial charge in [0.1, 0.15) is 0 Å². The second-order valence-corrected chi connectivity index (χ2v) is 6.20. The molecule has 0 spiro atoms. The molecule has 1 aromatic heterocycles. The number of halogens is 3. The lowest BCUT2D eigenvalue weighted by Gasteiger charge is -2.16. The lowest BCUT2D eigenvalue weighted by molar-refractivity contribution is 0.371. The molecule has 0 aliphatic rings. The Balaban J connectivity index is 0.00000180. The number of nitrogens with two attached hydrogens (primary N) is 1. The van der Waals surface area contributed by atoms with E-state index in [9.17, 15) is 5.11 Å². The molecule has 0 radical (unpaired) electrons. The van der Waals surface area contributed by atoms with Crippen molar-refractivity contribution in [3.05, 3.63) is 43.0 Å². The molecule has 3 N–H and O–H groups in total. The van der Waals surface area contributed by atoms with E-state index in [1.54, 1.807) is 17.4 Å². The number of rotatable bonds is 3. The van der Waals surface area contributed by atoms with Gasteiger partial charge in [0.2, 0.25) is 0 Å². The highest BCUT2D eigenvalue weighted by atomic mass is 79.9. The minimum absolute atomic E-state index is 0. The van der Waals surface area contributed by atoms with E-state index in [2.05, 4.69) is 31.9 Å². The topological polar surface area (TPSA) is 55.5 Å². The molecule has 0 aliphatic heterocycles. The highest BCUT2D eigenvalue weighted by molar-refractivity contribution is 9.13. The number of thiophene rings is 1. The summed E-state index contributed by atoms with van der Waals surface area (Å²) in [5.41, 5.74) is 7.09. The van der Waals surface area contributed by atoms with Crippen LogP contribution in [-0.2, 0) is 0 Å². The predicted octanol–water partition coefficient (Wildman–Crippen LogP) is 4.46. The number of hydrogen-bond donors (Lipinski definition) is 2. The molecule has 0 aliphatic carbocycles. The summed E-state index contributed by atoms with van der Waals surface area (Å²) in [4.78, 5) is 1.05. The zero-order valence-corrected chi connectivity index (χ0v) is 14.7. The van der Waals surface area contributed by atoms with Crippen LogP contribution in [0.5, 0.6) is 11.5 Å². The van der Waals surface area contributed by atoms with Gasteiger partial charge in [0.25, 0.3) is 0 Å². The maximum Gasteiger partial charge on any atom is 0.173 e. The van der Waals surface area contributed by atoms with Crippen LogP contribution in [-0.4, -0.2) is 12.2 Å². The van der Waals surface area contributed by atoms with E-state index < -0.39 is 0 Å². The standard InChI is InChI=1S/C12H11Br2NO2S.ClH/c1-17-7-5-6(9(13)10(14)12(7)16)11(15)8-3-2-4-18-8;/h2-5,11,16H,15H2,1H3;1H/t11-;/m0./s1. The van der Waals surface area contributed by atoms with Gasteiger partial charge in [0.05, 0.1) is 17.6 Å². The van der Waals surface area contributed by atoms with Crippen LogP contribution in [0.1, 0.15) is 16.5 Å². The van der Waals surface area contributed by atoms with Crippen molar-refractivity contribution in [1.82, 2.24) is 0 Å². The van der Waals surface area contributed by atoms with Gasteiger partial charge in [-0.3, -0.25) is 0 Å².